The number of amides is 1. The van der Waals surface area contributed by atoms with E-state index >= 15 is 0 Å². The summed E-state index contributed by atoms with van der Waals surface area (Å²) in [5, 5.41) is 5.80. The number of hydrogen-bond acceptors (Lipinski definition) is 2. The maximum Gasteiger partial charge on any atom is 0.238 e. The van der Waals surface area contributed by atoms with Gasteiger partial charge in [-0.25, -0.2) is 4.39 Å². The van der Waals surface area contributed by atoms with Crippen molar-refractivity contribution in [2.75, 3.05) is 11.9 Å². The van der Waals surface area contributed by atoms with E-state index in [2.05, 4.69) is 33.5 Å². The van der Waals surface area contributed by atoms with Gasteiger partial charge in [-0.05, 0) is 48.7 Å². The van der Waals surface area contributed by atoms with E-state index in [-0.39, 0.29) is 24.2 Å². The molecule has 2 aromatic carbocycles. The minimum atomic E-state index is -0.418. The molecule has 2 aromatic rings. The molecule has 5 heteroatoms. The van der Waals surface area contributed by atoms with Crippen molar-refractivity contribution in [1.29, 1.82) is 0 Å². The van der Waals surface area contributed by atoms with Crippen molar-refractivity contribution >= 4 is 27.5 Å². The molecule has 0 aliphatic carbocycles. The largest absolute Gasteiger partial charge is 0.322 e. The third-order valence-corrected chi connectivity index (χ3v) is 4.12. The predicted octanol–water partition coefficient (Wildman–Crippen LogP) is 4.58. The normalized spacial score (nSPS) is 12.0. The molecule has 0 aliphatic rings. The summed E-state index contributed by atoms with van der Waals surface area (Å²) in [5.41, 5.74) is 2.14. The van der Waals surface area contributed by atoms with Crippen LogP contribution in [0, 0.1) is 12.7 Å². The topological polar surface area (TPSA) is 41.1 Å². The number of carbonyl (C=O) groups is 1. The van der Waals surface area contributed by atoms with E-state index in [1.165, 1.54) is 6.07 Å². The molecule has 0 unspecified atom stereocenters. The van der Waals surface area contributed by atoms with E-state index in [1.807, 2.05) is 24.3 Å². The molecule has 0 radical (unpaired) electrons. The van der Waals surface area contributed by atoms with Gasteiger partial charge in [0.25, 0.3) is 0 Å². The Morgan fingerprint density at radius 3 is 2.52 bits per heavy atom. The van der Waals surface area contributed by atoms with Gasteiger partial charge in [0, 0.05) is 10.5 Å². The van der Waals surface area contributed by atoms with Crippen LogP contribution in [-0.4, -0.2) is 12.5 Å². The highest BCUT2D eigenvalue weighted by Gasteiger charge is 2.12. The smallest absolute Gasteiger partial charge is 0.238 e. The van der Waals surface area contributed by atoms with Crippen LogP contribution in [0.25, 0.3) is 0 Å². The predicted molar refractivity (Wildman–Crippen MR) is 94.9 cm³/mol. The second-order valence-electron chi connectivity index (χ2n) is 5.42. The van der Waals surface area contributed by atoms with Crippen molar-refractivity contribution < 1.29 is 9.18 Å². The first-order valence-electron chi connectivity index (χ1n) is 7.54. The number of rotatable bonds is 6. The Morgan fingerprint density at radius 2 is 1.91 bits per heavy atom. The number of halogens is 2. The minimum absolute atomic E-state index is 0.0803. The summed E-state index contributed by atoms with van der Waals surface area (Å²) in [6.45, 7) is 3.99. The fourth-order valence-electron chi connectivity index (χ4n) is 2.32. The highest BCUT2D eigenvalue weighted by molar-refractivity contribution is 9.10. The Kier molecular flexibility index (Phi) is 6.30. The molecular formula is C18H20BrFN2O. The number of carbonyl (C=O) groups excluding carboxylic acids is 1. The van der Waals surface area contributed by atoms with Crippen molar-refractivity contribution in [2.24, 2.45) is 0 Å². The maximum absolute atomic E-state index is 13.7. The molecule has 0 fully saturated rings. The van der Waals surface area contributed by atoms with Gasteiger partial charge in [-0.3, -0.25) is 4.79 Å². The summed E-state index contributed by atoms with van der Waals surface area (Å²) in [7, 11) is 0. The zero-order valence-electron chi connectivity index (χ0n) is 13.2. The summed E-state index contributed by atoms with van der Waals surface area (Å²) in [5.74, 6) is -0.679. The third-order valence-electron chi connectivity index (χ3n) is 3.59. The van der Waals surface area contributed by atoms with E-state index in [9.17, 15) is 9.18 Å². The molecule has 1 amide bonds. The van der Waals surface area contributed by atoms with Crippen LogP contribution in [0.15, 0.2) is 46.9 Å². The van der Waals surface area contributed by atoms with Crippen LogP contribution >= 0.6 is 15.9 Å². The van der Waals surface area contributed by atoms with Crippen molar-refractivity contribution in [3.8, 4) is 0 Å². The van der Waals surface area contributed by atoms with Crippen LogP contribution < -0.4 is 10.6 Å². The van der Waals surface area contributed by atoms with Gasteiger partial charge in [0.05, 0.1) is 12.2 Å². The summed E-state index contributed by atoms with van der Waals surface area (Å²) < 4.78 is 14.8. The minimum Gasteiger partial charge on any atom is -0.322 e. The molecule has 3 nitrogen and oxygen atoms in total. The van der Waals surface area contributed by atoms with Crippen molar-refractivity contribution in [3.05, 3.63) is 63.9 Å². The molecule has 122 valence electrons. The summed E-state index contributed by atoms with van der Waals surface area (Å²) in [6, 6.07) is 12.8. The van der Waals surface area contributed by atoms with Gasteiger partial charge >= 0.3 is 0 Å². The lowest BCUT2D eigenvalue weighted by Gasteiger charge is -2.17. The molecule has 0 saturated carbocycles. The fraction of sp³-hybridized carbons (Fsp3) is 0.278. The van der Waals surface area contributed by atoms with Crippen LogP contribution in [0.1, 0.15) is 30.5 Å². The zero-order chi connectivity index (χ0) is 16.8. The average molecular weight is 379 g/mol. The molecule has 2 rings (SSSR count). The molecule has 0 aliphatic heterocycles. The van der Waals surface area contributed by atoms with Gasteiger partial charge in [-0.1, -0.05) is 41.1 Å². The Bertz CT molecular complexity index is 673. The summed E-state index contributed by atoms with van der Waals surface area (Å²) >= 11 is 3.41. The number of nitrogens with one attached hydrogen (secondary N) is 2. The quantitative estimate of drug-likeness (QED) is 0.772. The Balaban J connectivity index is 1.93. The van der Waals surface area contributed by atoms with E-state index in [0.717, 1.165) is 22.0 Å². The Morgan fingerprint density at radius 1 is 1.22 bits per heavy atom. The van der Waals surface area contributed by atoms with E-state index < -0.39 is 5.82 Å². The summed E-state index contributed by atoms with van der Waals surface area (Å²) in [6.07, 6.45) is 0.855. The van der Waals surface area contributed by atoms with Gasteiger partial charge in [-0.2, -0.15) is 0 Å². The number of aryl methyl sites for hydroxylation is 1. The lowest BCUT2D eigenvalue weighted by molar-refractivity contribution is -0.115. The first kappa shape index (κ1) is 17.6. The molecule has 2 N–H and O–H groups in total. The van der Waals surface area contributed by atoms with Crippen LogP contribution in [0.4, 0.5) is 10.1 Å². The Hall–Kier alpha value is -1.72. The second kappa shape index (κ2) is 8.22. The molecule has 23 heavy (non-hydrogen) atoms. The van der Waals surface area contributed by atoms with E-state index in [0.29, 0.717) is 0 Å². The first-order chi connectivity index (χ1) is 11.0. The van der Waals surface area contributed by atoms with Gasteiger partial charge in [-0.15, -0.1) is 0 Å². The van der Waals surface area contributed by atoms with Crippen LogP contribution in [0.5, 0.6) is 0 Å². The zero-order valence-corrected chi connectivity index (χ0v) is 14.8. The molecule has 0 saturated heterocycles. The van der Waals surface area contributed by atoms with Crippen molar-refractivity contribution in [3.63, 3.8) is 0 Å². The van der Waals surface area contributed by atoms with Gasteiger partial charge in [0.15, 0.2) is 0 Å². The highest BCUT2D eigenvalue weighted by Crippen LogP contribution is 2.19. The number of benzene rings is 2. The van der Waals surface area contributed by atoms with Gasteiger partial charge in [0.2, 0.25) is 5.91 Å². The summed E-state index contributed by atoms with van der Waals surface area (Å²) in [4.78, 5) is 12.0. The highest BCUT2D eigenvalue weighted by atomic mass is 79.9. The van der Waals surface area contributed by atoms with Crippen LogP contribution in [-0.2, 0) is 4.79 Å². The SMILES string of the molecule is CC[C@H](NCC(=O)Nc1ccc(C)cc1F)c1ccc(Br)cc1. The second-order valence-corrected chi connectivity index (χ2v) is 6.34. The van der Waals surface area contributed by atoms with Crippen LogP contribution in [0.2, 0.25) is 0 Å². The Labute approximate surface area is 144 Å². The molecule has 0 spiro atoms. The van der Waals surface area contributed by atoms with E-state index in [1.54, 1.807) is 19.1 Å². The molecular weight excluding hydrogens is 359 g/mol. The standard InChI is InChI=1S/C18H20BrFN2O/c1-3-16(13-5-7-14(19)8-6-13)21-11-18(23)22-17-9-4-12(2)10-15(17)20/h4-10,16,21H,3,11H2,1-2H3,(H,22,23)/t16-/m0/s1. The lowest BCUT2D eigenvalue weighted by Crippen LogP contribution is -2.31. The average Bonchev–Trinajstić information content (AvgIpc) is 2.52. The molecule has 1 atom stereocenters. The monoisotopic (exact) mass is 378 g/mol. The molecule has 0 heterocycles. The molecule has 0 bridgehead atoms. The third kappa shape index (κ3) is 5.15. The van der Waals surface area contributed by atoms with Crippen LogP contribution in [0.3, 0.4) is 0 Å². The maximum atomic E-state index is 13.7. The fourth-order valence-corrected chi connectivity index (χ4v) is 2.59. The lowest BCUT2D eigenvalue weighted by atomic mass is 10.0. The number of anilines is 1. The van der Waals surface area contributed by atoms with Crippen molar-refractivity contribution in [2.45, 2.75) is 26.3 Å². The number of hydrogen-bond donors (Lipinski definition) is 2. The molecule has 0 aromatic heterocycles. The van der Waals surface area contributed by atoms with E-state index in [4.69, 9.17) is 0 Å². The van der Waals surface area contributed by atoms with Gasteiger partial charge < -0.3 is 10.6 Å². The first-order valence-corrected chi connectivity index (χ1v) is 8.33. The van der Waals surface area contributed by atoms with Crippen molar-refractivity contribution in [1.82, 2.24) is 5.32 Å². The van der Waals surface area contributed by atoms with Gasteiger partial charge in [0.1, 0.15) is 5.82 Å².